The van der Waals surface area contributed by atoms with E-state index in [0.29, 0.717) is 6.61 Å². The van der Waals surface area contributed by atoms with Crippen LogP contribution in [0.4, 0.5) is 0 Å². The van der Waals surface area contributed by atoms with Gasteiger partial charge in [0.2, 0.25) is 0 Å². The van der Waals surface area contributed by atoms with Crippen molar-refractivity contribution in [2.45, 2.75) is 18.4 Å². The molecule has 1 fully saturated rings. The SMILES string of the molecule is COCCC1CC1(N)C(=O)OC. The van der Waals surface area contributed by atoms with Crippen LogP contribution in [-0.2, 0) is 14.3 Å². The summed E-state index contributed by atoms with van der Waals surface area (Å²) in [5.74, 6) is -0.0616. The van der Waals surface area contributed by atoms with Crippen LogP contribution in [0.2, 0.25) is 0 Å². The van der Waals surface area contributed by atoms with Gasteiger partial charge in [-0.1, -0.05) is 0 Å². The second-order valence-corrected chi connectivity index (χ2v) is 3.21. The van der Waals surface area contributed by atoms with Crippen LogP contribution in [0.25, 0.3) is 0 Å². The fourth-order valence-electron chi connectivity index (χ4n) is 1.41. The minimum atomic E-state index is -0.715. The van der Waals surface area contributed by atoms with Crippen LogP contribution in [0, 0.1) is 5.92 Å². The van der Waals surface area contributed by atoms with Gasteiger partial charge in [0.05, 0.1) is 7.11 Å². The first-order valence-electron chi connectivity index (χ1n) is 4.01. The Morgan fingerprint density at radius 3 is 2.83 bits per heavy atom. The second kappa shape index (κ2) is 3.41. The van der Waals surface area contributed by atoms with E-state index in [4.69, 9.17) is 10.5 Å². The zero-order chi connectivity index (χ0) is 9.19. The molecule has 0 spiro atoms. The molecule has 0 aromatic heterocycles. The molecule has 0 saturated heterocycles. The van der Waals surface area contributed by atoms with Gasteiger partial charge < -0.3 is 15.2 Å². The van der Waals surface area contributed by atoms with Crippen LogP contribution in [0.15, 0.2) is 0 Å². The van der Waals surface area contributed by atoms with Crippen LogP contribution >= 0.6 is 0 Å². The molecule has 4 heteroatoms. The predicted molar refractivity (Wildman–Crippen MR) is 43.5 cm³/mol. The highest BCUT2D eigenvalue weighted by Crippen LogP contribution is 2.44. The van der Waals surface area contributed by atoms with Gasteiger partial charge in [-0.2, -0.15) is 0 Å². The molecule has 2 unspecified atom stereocenters. The van der Waals surface area contributed by atoms with Gasteiger partial charge >= 0.3 is 5.97 Å². The fraction of sp³-hybridized carbons (Fsp3) is 0.875. The Morgan fingerprint density at radius 2 is 2.33 bits per heavy atom. The molecule has 1 aliphatic carbocycles. The van der Waals surface area contributed by atoms with E-state index in [9.17, 15) is 4.79 Å². The van der Waals surface area contributed by atoms with Crippen LogP contribution < -0.4 is 5.73 Å². The Balaban J connectivity index is 2.32. The maximum Gasteiger partial charge on any atom is 0.326 e. The van der Waals surface area contributed by atoms with Crippen molar-refractivity contribution in [3.63, 3.8) is 0 Å². The zero-order valence-electron chi connectivity index (χ0n) is 7.50. The first-order valence-corrected chi connectivity index (χ1v) is 4.01. The van der Waals surface area contributed by atoms with E-state index in [-0.39, 0.29) is 11.9 Å². The van der Waals surface area contributed by atoms with Crippen molar-refractivity contribution in [2.24, 2.45) is 11.7 Å². The Kier molecular flexibility index (Phi) is 2.69. The normalized spacial score (nSPS) is 33.1. The summed E-state index contributed by atoms with van der Waals surface area (Å²) in [6.45, 7) is 0.653. The molecule has 4 nitrogen and oxygen atoms in total. The van der Waals surface area contributed by atoms with Gasteiger partial charge in [0.1, 0.15) is 5.54 Å². The third kappa shape index (κ3) is 1.59. The van der Waals surface area contributed by atoms with Crippen molar-refractivity contribution in [1.29, 1.82) is 0 Å². The smallest absolute Gasteiger partial charge is 0.326 e. The quantitative estimate of drug-likeness (QED) is 0.604. The van der Waals surface area contributed by atoms with Crippen LogP contribution in [0.1, 0.15) is 12.8 Å². The molecule has 0 aliphatic heterocycles. The summed E-state index contributed by atoms with van der Waals surface area (Å²) in [6, 6.07) is 0. The molecule has 0 amide bonds. The number of rotatable bonds is 4. The van der Waals surface area contributed by atoms with E-state index in [0.717, 1.165) is 12.8 Å². The van der Waals surface area contributed by atoms with E-state index in [1.54, 1.807) is 7.11 Å². The Labute approximate surface area is 72.0 Å². The summed E-state index contributed by atoms with van der Waals surface area (Å²) in [4.78, 5) is 11.1. The number of ether oxygens (including phenoxy) is 2. The lowest BCUT2D eigenvalue weighted by atomic mass is 10.2. The molecular weight excluding hydrogens is 158 g/mol. The molecule has 2 N–H and O–H groups in total. The van der Waals surface area contributed by atoms with Crippen molar-refractivity contribution in [1.82, 2.24) is 0 Å². The largest absolute Gasteiger partial charge is 0.468 e. The molecule has 1 rings (SSSR count). The van der Waals surface area contributed by atoms with Crippen molar-refractivity contribution >= 4 is 5.97 Å². The molecule has 1 aliphatic rings. The van der Waals surface area contributed by atoms with E-state index < -0.39 is 5.54 Å². The molecule has 0 aromatic carbocycles. The number of carbonyl (C=O) groups is 1. The number of hydrogen-bond acceptors (Lipinski definition) is 4. The van der Waals surface area contributed by atoms with Crippen LogP contribution in [0.5, 0.6) is 0 Å². The summed E-state index contributed by atoms with van der Waals surface area (Å²) in [5, 5.41) is 0. The summed E-state index contributed by atoms with van der Waals surface area (Å²) in [5.41, 5.74) is 5.04. The average Bonchev–Trinajstić information content (AvgIpc) is 2.74. The predicted octanol–water partition coefficient (Wildman–Crippen LogP) is -0.0867. The van der Waals surface area contributed by atoms with Crippen molar-refractivity contribution in [2.75, 3.05) is 20.8 Å². The molecule has 1 saturated carbocycles. The van der Waals surface area contributed by atoms with E-state index in [1.807, 2.05) is 0 Å². The molecule has 12 heavy (non-hydrogen) atoms. The van der Waals surface area contributed by atoms with Crippen molar-refractivity contribution in [3.05, 3.63) is 0 Å². The van der Waals surface area contributed by atoms with Crippen LogP contribution in [-0.4, -0.2) is 32.3 Å². The van der Waals surface area contributed by atoms with Gasteiger partial charge in [-0.05, 0) is 18.8 Å². The lowest BCUT2D eigenvalue weighted by Gasteiger charge is -2.07. The standard InChI is InChI=1S/C8H15NO3/c1-11-4-3-6-5-8(6,9)7(10)12-2/h6H,3-5,9H2,1-2H3. The van der Waals surface area contributed by atoms with E-state index in [2.05, 4.69) is 4.74 Å². The Bertz CT molecular complexity index is 183. The molecule has 0 radical (unpaired) electrons. The molecule has 0 aromatic rings. The molecular formula is C8H15NO3. The fourth-order valence-corrected chi connectivity index (χ4v) is 1.41. The zero-order valence-corrected chi connectivity index (χ0v) is 7.50. The maximum atomic E-state index is 11.1. The monoisotopic (exact) mass is 173 g/mol. The van der Waals surface area contributed by atoms with Gasteiger partial charge in [0.15, 0.2) is 0 Å². The minimum Gasteiger partial charge on any atom is -0.468 e. The Morgan fingerprint density at radius 1 is 1.67 bits per heavy atom. The third-order valence-electron chi connectivity index (χ3n) is 2.39. The third-order valence-corrected chi connectivity index (χ3v) is 2.39. The molecule has 70 valence electrons. The molecule has 2 atom stereocenters. The minimum absolute atomic E-state index is 0.241. The van der Waals surface area contributed by atoms with Crippen molar-refractivity contribution < 1.29 is 14.3 Å². The van der Waals surface area contributed by atoms with Crippen molar-refractivity contribution in [3.8, 4) is 0 Å². The number of methoxy groups -OCH3 is 2. The highest BCUT2D eigenvalue weighted by molar-refractivity contribution is 5.84. The number of hydrogen-bond donors (Lipinski definition) is 1. The van der Waals surface area contributed by atoms with Gasteiger partial charge in [-0.3, -0.25) is 4.79 Å². The topological polar surface area (TPSA) is 61.5 Å². The highest BCUT2D eigenvalue weighted by Gasteiger charge is 2.57. The lowest BCUT2D eigenvalue weighted by molar-refractivity contribution is -0.143. The van der Waals surface area contributed by atoms with E-state index >= 15 is 0 Å². The van der Waals surface area contributed by atoms with Crippen LogP contribution in [0.3, 0.4) is 0 Å². The number of carbonyl (C=O) groups excluding carboxylic acids is 1. The van der Waals surface area contributed by atoms with Gasteiger partial charge in [0, 0.05) is 13.7 Å². The average molecular weight is 173 g/mol. The van der Waals surface area contributed by atoms with Gasteiger partial charge in [-0.15, -0.1) is 0 Å². The Hall–Kier alpha value is -0.610. The number of nitrogens with two attached hydrogens (primary N) is 1. The van der Waals surface area contributed by atoms with E-state index in [1.165, 1.54) is 7.11 Å². The summed E-state index contributed by atoms with van der Waals surface area (Å²) < 4.78 is 9.47. The first kappa shape index (κ1) is 9.48. The van der Waals surface area contributed by atoms with Gasteiger partial charge in [-0.25, -0.2) is 0 Å². The maximum absolute atomic E-state index is 11.1. The lowest BCUT2D eigenvalue weighted by Crippen LogP contribution is -2.36. The first-order chi connectivity index (χ1) is 5.65. The summed E-state index contributed by atoms with van der Waals surface area (Å²) in [7, 11) is 3.00. The summed E-state index contributed by atoms with van der Waals surface area (Å²) in [6.07, 6.45) is 1.56. The molecule has 0 heterocycles. The highest BCUT2D eigenvalue weighted by atomic mass is 16.5. The molecule has 0 bridgehead atoms. The second-order valence-electron chi connectivity index (χ2n) is 3.21. The number of esters is 1. The summed E-state index contributed by atoms with van der Waals surface area (Å²) >= 11 is 0. The van der Waals surface area contributed by atoms with Gasteiger partial charge in [0.25, 0.3) is 0 Å².